The third-order valence-corrected chi connectivity index (χ3v) is 3.25. The first kappa shape index (κ1) is 17.9. The first-order chi connectivity index (χ1) is 11.4. The van der Waals surface area contributed by atoms with Crippen LogP contribution in [0.3, 0.4) is 0 Å². The van der Waals surface area contributed by atoms with E-state index in [1.54, 1.807) is 32.4 Å². The van der Waals surface area contributed by atoms with Gasteiger partial charge in [0, 0.05) is 24.7 Å². The minimum absolute atomic E-state index is 0.208. The molecule has 0 fully saturated rings. The van der Waals surface area contributed by atoms with E-state index in [4.69, 9.17) is 9.47 Å². The predicted molar refractivity (Wildman–Crippen MR) is 83.2 cm³/mol. The van der Waals surface area contributed by atoms with Gasteiger partial charge in [-0.2, -0.15) is 0 Å². The Morgan fingerprint density at radius 1 is 0.917 bits per heavy atom. The first-order valence-electron chi connectivity index (χ1n) is 7.17. The molecule has 1 N–H and O–H groups in total. The van der Waals surface area contributed by atoms with Gasteiger partial charge in [0.2, 0.25) is 0 Å². The summed E-state index contributed by atoms with van der Waals surface area (Å²) < 4.78 is 51.6. The highest BCUT2D eigenvalue weighted by Gasteiger charge is 2.31. The molecule has 24 heavy (non-hydrogen) atoms. The molecular weight excluding hydrogens is 323 g/mol. The molecule has 0 amide bonds. The normalized spacial score (nSPS) is 11.2. The number of para-hydroxylation sites is 1. The van der Waals surface area contributed by atoms with Crippen molar-refractivity contribution in [1.29, 1.82) is 0 Å². The summed E-state index contributed by atoms with van der Waals surface area (Å²) in [4.78, 5) is 0. The van der Waals surface area contributed by atoms with Crippen molar-refractivity contribution in [3.05, 3.63) is 53.6 Å². The zero-order valence-electron chi connectivity index (χ0n) is 13.3. The molecule has 2 aromatic rings. The van der Waals surface area contributed by atoms with Crippen LogP contribution in [0.4, 0.5) is 13.2 Å². The number of alkyl halides is 3. The number of halogens is 3. The minimum Gasteiger partial charge on any atom is -0.497 e. The molecule has 0 aliphatic rings. The van der Waals surface area contributed by atoms with Crippen molar-refractivity contribution < 1.29 is 27.4 Å². The number of hydrogen-bond donors (Lipinski definition) is 1. The van der Waals surface area contributed by atoms with E-state index >= 15 is 0 Å². The summed E-state index contributed by atoms with van der Waals surface area (Å²) in [6.07, 6.45) is -4.71. The number of rotatable bonds is 7. The van der Waals surface area contributed by atoms with Crippen LogP contribution < -0.4 is 19.5 Å². The maximum atomic E-state index is 12.4. The van der Waals surface area contributed by atoms with Gasteiger partial charge in [0.1, 0.15) is 17.2 Å². The zero-order chi connectivity index (χ0) is 17.6. The number of hydrogen-bond acceptors (Lipinski definition) is 4. The fourth-order valence-corrected chi connectivity index (χ4v) is 2.18. The van der Waals surface area contributed by atoms with Gasteiger partial charge in [-0.05, 0) is 23.8 Å². The van der Waals surface area contributed by atoms with Crippen molar-refractivity contribution in [3.63, 3.8) is 0 Å². The van der Waals surface area contributed by atoms with Crippen LogP contribution in [-0.4, -0.2) is 20.6 Å². The van der Waals surface area contributed by atoms with E-state index in [0.717, 1.165) is 5.56 Å². The van der Waals surface area contributed by atoms with Gasteiger partial charge in [-0.1, -0.05) is 18.2 Å². The molecule has 0 spiro atoms. The van der Waals surface area contributed by atoms with Crippen molar-refractivity contribution >= 4 is 0 Å². The van der Waals surface area contributed by atoms with Crippen LogP contribution in [0, 0.1) is 0 Å². The Kier molecular flexibility index (Phi) is 5.92. The summed E-state index contributed by atoms with van der Waals surface area (Å²) >= 11 is 0. The second-order valence-electron chi connectivity index (χ2n) is 4.98. The number of ether oxygens (including phenoxy) is 3. The van der Waals surface area contributed by atoms with Gasteiger partial charge in [0.05, 0.1) is 14.2 Å². The minimum atomic E-state index is -4.71. The van der Waals surface area contributed by atoms with Gasteiger partial charge in [-0.3, -0.25) is 0 Å². The fraction of sp³-hybridized carbons (Fsp3) is 0.294. The Morgan fingerprint density at radius 3 is 2.12 bits per heavy atom. The van der Waals surface area contributed by atoms with Gasteiger partial charge in [0.25, 0.3) is 0 Å². The van der Waals surface area contributed by atoms with E-state index in [0.29, 0.717) is 23.6 Å². The van der Waals surface area contributed by atoms with Crippen LogP contribution in [0.25, 0.3) is 0 Å². The third-order valence-electron chi connectivity index (χ3n) is 3.25. The quantitative estimate of drug-likeness (QED) is 0.829. The van der Waals surface area contributed by atoms with Crippen LogP contribution in [0.5, 0.6) is 17.2 Å². The Morgan fingerprint density at radius 2 is 1.54 bits per heavy atom. The van der Waals surface area contributed by atoms with E-state index in [1.807, 2.05) is 12.1 Å². The highest BCUT2D eigenvalue weighted by Crippen LogP contribution is 2.26. The standard InChI is InChI=1S/C17H18F3NO3/c1-22-14-7-12(8-15(9-14)23-2)10-21-11-13-5-3-4-6-16(13)24-17(18,19)20/h3-9,21H,10-11H2,1-2H3. The summed E-state index contributed by atoms with van der Waals surface area (Å²) in [6, 6.07) is 11.4. The molecule has 0 saturated carbocycles. The number of methoxy groups -OCH3 is 2. The lowest BCUT2D eigenvalue weighted by atomic mass is 10.1. The highest BCUT2D eigenvalue weighted by molar-refractivity contribution is 5.38. The van der Waals surface area contributed by atoms with Crippen molar-refractivity contribution in [1.82, 2.24) is 5.32 Å². The molecule has 4 nitrogen and oxygen atoms in total. The maximum absolute atomic E-state index is 12.4. The number of benzene rings is 2. The van der Waals surface area contributed by atoms with E-state index in [-0.39, 0.29) is 12.3 Å². The van der Waals surface area contributed by atoms with Gasteiger partial charge < -0.3 is 19.5 Å². The Hall–Kier alpha value is -2.41. The molecule has 130 valence electrons. The summed E-state index contributed by atoms with van der Waals surface area (Å²) in [5, 5.41) is 3.09. The lowest BCUT2D eigenvalue weighted by molar-refractivity contribution is -0.274. The molecule has 0 heterocycles. The molecule has 0 unspecified atom stereocenters. The summed E-state index contributed by atoms with van der Waals surface area (Å²) in [7, 11) is 3.10. The largest absolute Gasteiger partial charge is 0.573 e. The molecule has 0 saturated heterocycles. The summed E-state index contributed by atoms with van der Waals surface area (Å²) in [5.74, 6) is 1.08. The van der Waals surface area contributed by atoms with Gasteiger partial charge in [-0.25, -0.2) is 0 Å². The van der Waals surface area contributed by atoms with E-state index in [2.05, 4.69) is 10.1 Å². The molecule has 0 aliphatic heterocycles. The molecule has 2 rings (SSSR count). The molecule has 2 aromatic carbocycles. The third kappa shape index (κ3) is 5.34. The van der Waals surface area contributed by atoms with Crippen LogP contribution >= 0.6 is 0 Å². The Bertz CT molecular complexity index is 652. The fourth-order valence-electron chi connectivity index (χ4n) is 2.18. The molecule has 0 atom stereocenters. The molecular formula is C17H18F3NO3. The lowest BCUT2D eigenvalue weighted by Gasteiger charge is -2.14. The zero-order valence-corrected chi connectivity index (χ0v) is 13.3. The van der Waals surface area contributed by atoms with E-state index < -0.39 is 6.36 Å². The van der Waals surface area contributed by atoms with Crippen LogP contribution in [0.1, 0.15) is 11.1 Å². The van der Waals surface area contributed by atoms with E-state index in [1.165, 1.54) is 12.1 Å². The van der Waals surface area contributed by atoms with Crippen LogP contribution in [0.15, 0.2) is 42.5 Å². The summed E-state index contributed by atoms with van der Waals surface area (Å²) in [6.45, 7) is 0.666. The first-order valence-corrected chi connectivity index (χ1v) is 7.17. The predicted octanol–water partition coefficient (Wildman–Crippen LogP) is 3.89. The second-order valence-corrected chi connectivity index (χ2v) is 4.98. The molecule has 0 aromatic heterocycles. The number of nitrogens with one attached hydrogen (secondary N) is 1. The van der Waals surface area contributed by atoms with Crippen molar-refractivity contribution in [2.75, 3.05) is 14.2 Å². The average Bonchev–Trinajstić information content (AvgIpc) is 2.54. The van der Waals surface area contributed by atoms with Gasteiger partial charge in [0.15, 0.2) is 0 Å². The molecule has 7 heteroatoms. The molecule has 0 bridgehead atoms. The molecule has 0 radical (unpaired) electrons. The monoisotopic (exact) mass is 341 g/mol. The lowest BCUT2D eigenvalue weighted by Crippen LogP contribution is -2.20. The van der Waals surface area contributed by atoms with Crippen molar-refractivity contribution in [2.45, 2.75) is 19.5 Å². The Labute approximate surface area is 138 Å². The topological polar surface area (TPSA) is 39.7 Å². The highest BCUT2D eigenvalue weighted by atomic mass is 19.4. The Balaban J connectivity index is 2.02. The van der Waals surface area contributed by atoms with Gasteiger partial charge >= 0.3 is 6.36 Å². The smallest absolute Gasteiger partial charge is 0.497 e. The summed E-state index contributed by atoms with van der Waals surface area (Å²) in [5.41, 5.74) is 1.31. The van der Waals surface area contributed by atoms with Crippen molar-refractivity contribution in [3.8, 4) is 17.2 Å². The van der Waals surface area contributed by atoms with Crippen LogP contribution in [-0.2, 0) is 13.1 Å². The average molecular weight is 341 g/mol. The van der Waals surface area contributed by atoms with E-state index in [9.17, 15) is 13.2 Å². The SMILES string of the molecule is COc1cc(CNCc2ccccc2OC(F)(F)F)cc(OC)c1. The van der Waals surface area contributed by atoms with Crippen molar-refractivity contribution in [2.24, 2.45) is 0 Å². The second kappa shape index (κ2) is 7.92. The van der Waals surface area contributed by atoms with Gasteiger partial charge in [-0.15, -0.1) is 13.2 Å². The van der Waals surface area contributed by atoms with Crippen LogP contribution in [0.2, 0.25) is 0 Å². The molecule has 0 aliphatic carbocycles. The maximum Gasteiger partial charge on any atom is 0.573 e.